The van der Waals surface area contributed by atoms with Crippen LogP contribution in [0.4, 0.5) is 4.39 Å². The maximum Gasteiger partial charge on any atom is 0.194 e. The van der Waals surface area contributed by atoms with E-state index in [0.717, 1.165) is 17.2 Å². The number of nitrogens with zero attached hydrogens (tertiary/aromatic N) is 3. The van der Waals surface area contributed by atoms with E-state index < -0.39 is 0 Å². The van der Waals surface area contributed by atoms with Gasteiger partial charge >= 0.3 is 0 Å². The van der Waals surface area contributed by atoms with Gasteiger partial charge in [-0.15, -0.1) is 24.0 Å². The molecule has 0 atom stereocenters. The first-order valence-corrected chi connectivity index (χ1v) is 6.24. The van der Waals surface area contributed by atoms with Crippen LogP contribution in [-0.2, 0) is 13.1 Å². The van der Waals surface area contributed by atoms with Crippen LogP contribution in [0.25, 0.3) is 0 Å². The smallest absolute Gasteiger partial charge is 0.194 e. The molecule has 0 spiro atoms. The van der Waals surface area contributed by atoms with Crippen LogP contribution in [0.15, 0.2) is 46.1 Å². The van der Waals surface area contributed by atoms with Gasteiger partial charge in [0, 0.05) is 26.7 Å². The molecule has 2 rings (SSSR count). The van der Waals surface area contributed by atoms with E-state index >= 15 is 0 Å². The standard InChI is InChI=1S/C14H17FN4O.HI/c1-16-14(17-9-13-7-8-20-18-13)19(2)10-11-3-5-12(15)6-4-11;/h3-8H,9-10H2,1-2H3,(H,16,17);1H. The van der Waals surface area contributed by atoms with Crippen LogP contribution in [0.1, 0.15) is 11.3 Å². The normalized spacial score (nSPS) is 10.9. The molecule has 0 bridgehead atoms. The number of aliphatic imine (C=N–C) groups is 1. The van der Waals surface area contributed by atoms with Gasteiger partial charge in [0.2, 0.25) is 0 Å². The van der Waals surface area contributed by atoms with Gasteiger partial charge in [-0.05, 0) is 17.7 Å². The third kappa shape index (κ3) is 5.33. The topological polar surface area (TPSA) is 53.7 Å². The molecule has 0 radical (unpaired) electrons. The van der Waals surface area contributed by atoms with Crippen molar-refractivity contribution in [1.82, 2.24) is 15.4 Å². The summed E-state index contributed by atoms with van der Waals surface area (Å²) in [4.78, 5) is 6.15. The quantitative estimate of drug-likeness (QED) is 0.484. The molecule has 21 heavy (non-hydrogen) atoms. The van der Waals surface area contributed by atoms with Crippen LogP contribution in [0.3, 0.4) is 0 Å². The lowest BCUT2D eigenvalue weighted by Gasteiger charge is -2.21. The van der Waals surface area contributed by atoms with Gasteiger partial charge in [-0.2, -0.15) is 0 Å². The van der Waals surface area contributed by atoms with Crippen LogP contribution in [-0.4, -0.2) is 30.1 Å². The van der Waals surface area contributed by atoms with Crippen molar-refractivity contribution in [3.05, 3.63) is 53.7 Å². The zero-order valence-corrected chi connectivity index (χ0v) is 14.2. The van der Waals surface area contributed by atoms with Gasteiger partial charge in [0.15, 0.2) is 5.96 Å². The zero-order valence-electron chi connectivity index (χ0n) is 11.9. The fourth-order valence-electron chi connectivity index (χ4n) is 1.82. The first-order chi connectivity index (χ1) is 9.69. The van der Waals surface area contributed by atoms with Crippen molar-refractivity contribution in [2.45, 2.75) is 13.1 Å². The second-order valence-electron chi connectivity index (χ2n) is 4.37. The third-order valence-electron chi connectivity index (χ3n) is 2.83. The number of hydrogen-bond acceptors (Lipinski definition) is 3. The van der Waals surface area contributed by atoms with Crippen molar-refractivity contribution >= 4 is 29.9 Å². The molecule has 0 unspecified atom stereocenters. The predicted molar refractivity (Wildman–Crippen MR) is 90.0 cm³/mol. The fourth-order valence-corrected chi connectivity index (χ4v) is 1.82. The Labute approximate surface area is 140 Å². The predicted octanol–water partition coefficient (Wildman–Crippen LogP) is 2.64. The first kappa shape index (κ1) is 17.4. The van der Waals surface area contributed by atoms with Gasteiger partial charge < -0.3 is 14.7 Å². The molecule has 7 heteroatoms. The molecule has 0 aliphatic rings. The van der Waals surface area contributed by atoms with E-state index in [1.54, 1.807) is 25.2 Å². The van der Waals surface area contributed by atoms with Crippen molar-refractivity contribution in [2.24, 2.45) is 4.99 Å². The van der Waals surface area contributed by atoms with E-state index in [1.165, 1.54) is 18.4 Å². The molecule has 0 saturated heterocycles. The highest BCUT2D eigenvalue weighted by atomic mass is 127. The van der Waals surface area contributed by atoms with Gasteiger partial charge in [-0.3, -0.25) is 4.99 Å². The number of rotatable bonds is 4. The lowest BCUT2D eigenvalue weighted by Crippen LogP contribution is -2.38. The van der Waals surface area contributed by atoms with Crippen LogP contribution in [0.5, 0.6) is 0 Å². The SMILES string of the molecule is CN=C(NCc1ccon1)N(C)Cc1ccc(F)cc1.I. The number of benzene rings is 1. The Kier molecular flexibility index (Phi) is 7.13. The second kappa shape index (κ2) is 8.60. The molecule has 2 aromatic rings. The van der Waals surface area contributed by atoms with Crippen LogP contribution >= 0.6 is 24.0 Å². The maximum absolute atomic E-state index is 12.9. The van der Waals surface area contributed by atoms with E-state index in [-0.39, 0.29) is 29.8 Å². The summed E-state index contributed by atoms with van der Waals surface area (Å²) in [7, 11) is 3.63. The van der Waals surface area contributed by atoms with Gasteiger partial charge in [-0.1, -0.05) is 17.3 Å². The molecule has 0 aliphatic heterocycles. The Morgan fingerprint density at radius 2 is 2.05 bits per heavy atom. The van der Waals surface area contributed by atoms with E-state index in [0.29, 0.717) is 13.1 Å². The number of halogens is 2. The molecular formula is C14H18FIN4O. The molecule has 114 valence electrons. The van der Waals surface area contributed by atoms with Crippen LogP contribution < -0.4 is 5.32 Å². The van der Waals surface area contributed by atoms with Crippen molar-refractivity contribution < 1.29 is 8.91 Å². The Hall–Kier alpha value is -1.64. The maximum atomic E-state index is 12.9. The number of aromatic nitrogens is 1. The van der Waals surface area contributed by atoms with Gasteiger partial charge in [0.05, 0.1) is 6.54 Å². The summed E-state index contributed by atoms with van der Waals surface area (Å²) in [6.45, 7) is 1.18. The van der Waals surface area contributed by atoms with Gasteiger partial charge in [0.25, 0.3) is 0 Å². The van der Waals surface area contributed by atoms with Crippen LogP contribution in [0.2, 0.25) is 0 Å². The van der Waals surface area contributed by atoms with E-state index in [4.69, 9.17) is 4.52 Å². The summed E-state index contributed by atoms with van der Waals surface area (Å²) < 4.78 is 17.6. The van der Waals surface area contributed by atoms with E-state index in [9.17, 15) is 4.39 Å². The summed E-state index contributed by atoms with van der Waals surface area (Å²) in [6.07, 6.45) is 1.53. The van der Waals surface area contributed by atoms with Crippen LogP contribution in [0, 0.1) is 5.82 Å². The molecule has 1 heterocycles. The minimum Gasteiger partial charge on any atom is -0.364 e. The monoisotopic (exact) mass is 404 g/mol. The number of nitrogens with one attached hydrogen (secondary N) is 1. The lowest BCUT2D eigenvalue weighted by atomic mass is 10.2. The molecule has 0 fully saturated rings. The van der Waals surface area contributed by atoms with Gasteiger partial charge in [0.1, 0.15) is 17.8 Å². The third-order valence-corrected chi connectivity index (χ3v) is 2.83. The summed E-state index contributed by atoms with van der Waals surface area (Å²) in [5, 5.41) is 7.01. The number of guanidine groups is 1. The van der Waals surface area contributed by atoms with E-state index in [2.05, 4.69) is 15.5 Å². The summed E-state index contributed by atoms with van der Waals surface area (Å²) >= 11 is 0. The summed E-state index contributed by atoms with van der Waals surface area (Å²) in [6, 6.07) is 8.22. The largest absolute Gasteiger partial charge is 0.364 e. The Morgan fingerprint density at radius 3 is 2.62 bits per heavy atom. The fraction of sp³-hybridized carbons (Fsp3) is 0.286. The Bertz CT molecular complexity index is 557. The number of hydrogen-bond donors (Lipinski definition) is 1. The Balaban J connectivity index is 0.00000220. The minimum absolute atomic E-state index is 0. The molecule has 0 amide bonds. The summed E-state index contributed by atoms with van der Waals surface area (Å²) in [5.74, 6) is 0.502. The molecule has 1 N–H and O–H groups in total. The second-order valence-corrected chi connectivity index (χ2v) is 4.37. The molecule has 1 aromatic carbocycles. The highest BCUT2D eigenvalue weighted by Gasteiger charge is 2.07. The summed E-state index contributed by atoms with van der Waals surface area (Å²) in [5.41, 5.74) is 1.82. The molecule has 0 aliphatic carbocycles. The average molecular weight is 404 g/mol. The average Bonchev–Trinajstić information content (AvgIpc) is 2.95. The molecule has 0 saturated carbocycles. The van der Waals surface area contributed by atoms with Crippen molar-refractivity contribution in [2.75, 3.05) is 14.1 Å². The van der Waals surface area contributed by atoms with Crippen molar-refractivity contribution in [3.8, 4) is 0 Å². The lowest BCUT2D eigenvalue weighted by molar-refractivity contribution is 0.409. The zero-order chi connectivity index (χ0) is 14.4. The van der Waals surface area contributed by atoms with Crippen molar-refractivity contribution in [3.63, 3.8) is 0 Å². The Morgan fingerprint density at radius 1 is 1.33 bits per heavy atom. The highest BCUT2D eigenvalue weighted by molar-refractivity contribution is 14.0. The molecule has 1 aromatic heterocycles. The first-order valence-electron chi connectivity index (χ1n) is 6.24. The molecule has 5 nitrogen and oxygen atoms in total. The van der Waals surface area contributed by atoms with Crippen molar-refractivity contribution in [1.29, 1.82) is 0 Å². The minimum atomic E-state index is -0.232. The van der Waals surface area contributed by atoms with E-state index in [1.807, 2.05) is 11.9 Å². The van der Waals surface area contributed by atoms with Gasteiger partial charge in [-0.25, -0.2) is 4.39 Å². The molecular weight excluding hydrogens is 386 g/mol. The highest BCUT2D eigenvalue weighted by Crippen LogP contribution is 2.06.